The van der Waals surface area contributed by atoms with Crippen LogP contribution < -0.4 is 20.0 Å². The zero-order chi connectivity index (χ0) is 38.6. The summed E-state index contributed by atoms with van der Waals surface area (Å²) in [7, 11) is 0. The highest BCUT2D eigenvalue weighted by molar-refractivity contribution is 6.22. The Morgan fingerprint density at radius 1 is 0.804 bits per heavy atom. The topological polar surface area (TPSA) is 129 Å². The molecule has 6 atom stereocenters. The SMILES string of the molecule is Cc1ccc(NN2C(=O)[C@@H]3C[C@@H]4C(=CC[C@@H]5C(=O)N(c6ccc(N7CCOCC7)cc6)C(=O)[C@@H]54)[C@H](c4ccc(OCCO)cc4)[C@]3(c3ccccc3)C2=O)cc1. The highest BCUT2D eigenvalue weighted by Gasteiger charge is 2.70. The van der Waals surface area contributed by atoms with Gasteiger partial charge in [0.05, 0.1) is 54.4 Å². The van der Waals surface area contributed by atoms with Gasteiger partial charge in [-0.1, -0.05) is 71.8 Å². The van der Waals surface area contributed by atoms with Gasteiger partial charge in [0, 0.05) is 24.7 Å². The first-order chi connectivity index (χ1) is 27.3. The number of benzene rings is 4. The molecule has 286 valence electrons. The minimum atomic E-state index is -1.36. The highest BCUT2D eigenvalue weighted by Crippen LogP contribution is 2.64. The van der Waals surface area contributed by atoms with Crippen molar-refractivity contribution in [1.29, 1.82) is 0 Å². The largest absolute Gasteiger partial charge is 0.491 e. The van der Waals surface area contributed by atoms with Crippen LogP contribution in [-0.4, -0.2) is 73.3 Å². The van der Waals surface area contributed by atoms with E-state index in [0.29, 0.717) is 42.3 Å². The van der Waals surface area contributed by atoms with Crippen molar-refractivity contribution in [2.24, 2.45) is 23.7 Å². The lowest BCUT2D eigenvalue weighted by atomic mass is 9.49. The monoisotopic (exact) mass is 752 g/mol. The van der Waals surface area contributed by atoms with Crippen LogP contribution in [0.3, 0.4) is 0 Å². The smallest absolute Gasteiger partial charge is 0.260 e. The van der Waals surface area contributed by atoms with Gasteiger partial charge in [-0.15, -0.1) is 0 Å². The first kappa shape index (κ1) is 35.9. The van der Waals surface area contributed by atoms with Gasteiger partial charge in [0.15, 0.2) is 0 Å². The lowest BCUT2D eigenvalue weighted by Gasteiger charge is -2.50. The number of rotatable bonds is 9. The average molecular weight is 753 g/mol. The Morgan fingerprint density at radius 2 is 1.50 bits per heavy atom. The minimum Gasteiger partial charge on any atom is -0.491 e. The summed E-state index contributed by atoms with van der Waals surface area (Å²) < 4.78 is 11.2. The number of fused-ring (bicyclic) bond motifs is 4. The van der Waals surface area contributed by atoms with E-state index in [1.165, 1.54) is 9.91 Å². The van der Waals surface area contributed by atoms with Crippen LogP contribution in [0.5, 0.6) is 5.75 Å². The summed E-state index contributed by atoms with van der Waals surface area (Å²) in [6, 6.07) is 32.0. The van der Waals surface area contributed by atoms with Crippen LogP contribution in [0.2, 0.25) is 0 Å². The van der Waals surface area contributed by atoms with E-state index in [-0.39, 0.29) is 43.3 Å². The molecule has 4 aromatic carbocycles. The molecule has 0 spiro atoms. The normalized spacial score (nSPS) is 27.1. The van der Waals surface area contributed by atoms with E-state index in [4.69, 9.17) is 9.47 Å². The maximum Gasteiger partial charge on any atom is 0.260 e. The summed E-state index contributed by atoms with van der Waals surface area (Å²) in [6.45, 7) is 4.80. The second kappa shape index (κ2) is 14.4. The van der Waals surface area contributed by atoms with Gasteiger partial charge in [-0.2, -0.15) is 5.01 Å². The fraction of sp³-hybridized carbons (Fsp3) is 0.333. The minimum absolute atomic E-state index is 0.129. The number of aliphatic hydroxyl groups is 1. The number of allylic oxidation sites excluding steroid dienone is 2. The Bertz CT molecular complexity index is 2180. The van der Waals surface area contributed by atoms with Gasteiger partial charge in [0.1, 0.15) is 12.4 Å². The van der Waals surface area contributed by atoms with Gasteiger partial charge in [0.25, 0.3) is 11.8 Å². The van der Waals surface area contributed by atoms with Gasteiger partial charge in [0.2, 0.25) is 11.8 Å². The second-order valence-electron chi connectivity index (χ2n) is 15.4. The Hall–Kier alpha value is -5.78. The number of hydrogen-bond acceptors (Lipinski definition) is 9. The number of ether oxygens (including phenoxy) is 2. The molecule has 11 nitrogen and oxygen atoms in total. The van der Waals surface area contributed by atoms with Gasteiger partial charge in [-0.3, -0.25) is 29.5 Å². The van der Waals surface area contributed by atoms with E-state index < -0.39 is 35.0 Å². The quantitative estimate of drug-likeness (QED) is 0.171. The summed E-state index contributed by atoms with van der Waals surface area (Å²) >= 11 is 0. The highest BCUT2D eigenvalue weighted by atomic mass is 16.5. The van der Waals surface area contributed by atoms with Crippen LogP contribution in [0, 0.1) is 30.6 Å². The molecular formula is C45H44N4O7. The molecule has 3 heterocycles. The zero-order valence-corrected chi connectivity index (χ0v) is 31.2. The predicted molar refractivity (Wildman–Crippen MR) is 210 cm³/mol. The van der Waals surface area contributed by atoms with Gasteiger partial charge in [-0.25, -0.2) is 0 Å². The summed E-state index contributed by atoms with van der Waals surface area (Å²) in [5, 5.41) is 10.5. The van der Waals surface area contributed by atoms with Gasteiger partial charge in [-0.05, 0) is 85.3 Å². The molecule has 4 aromatic rings. The Morgan fingerprint density at radius 3 is 2.20 bits per heavy atom. The fourth-order valence-corrected chi connectivity index (χ4v) is 9.93. The van der Waals surface area contributed by atoms with Crippen molar-refractivity contribution < 1.29 is 33.8 Å². The van der Waals surface area contributed by atoms with Crippen LogP contribution in [-0.2, 0) is 29.3 Å². The second-order valence-corrected chi connectivity index (χ2v) is 15.4. The summed E-state index contributed by atoms with van der Waals surface area (Å²) in [4.78, 5) is 62.8. The number of imide groups is 2. The first-order valence-electron chi connectivity index (χ1n) is 19.4. The lowest BCUT2D eigenvalue weighted by molar-refractivity contribution is -0.138. The van der Waals surface area contributed by atoms with E-state index in [9.17, 15) is 19.5 Å². The number of nitrogens with one attached hydrogen (secondary N) is 1. The van der Waals surface area contributed by atoms with Crippen molar-refractivity contribution in [3.8, 4) is 5.75 Å². The number of aliphatic hydroxyl groups excluding tert-OH is 1. The van der Waals surface area contributed by atoms with Crippen LogP contribution in [0.1, 0.15) is 35.4 Å². The average Bonchev–Trinajstić information content (AvgIpc) is 3.62. The third-order valence-electron chi connectivity index (χ3n) is 12.5. The molecule has 56 heavy (non-hydrogen) atoms. The maximum absolute atomic E-state index is 15.4. The third kappa shape index (κ3) is 5.71. The number of anilines is 3. The molecule has 9 rings (SSSR count). The number of hydrazine groups is 1. The number of aryl methyl sites for hydroxylation is 1. The number of hydrogen-bond donors (Lipinski definition) is 2. The predicted octanol–water partition coefficient (Wildman–Crippen LogP) is 5.39. The molecule has 2 N–H and O–H groups in total. The molecule has 0 bridgehead atoms. The van der Waals surface area contributed by atoms with Gasteiger partial charge >= 0.3 is 0 Å². The first-order valence-corrected chi connectivity index (χ1v) is 19.4. The molecule has 5 aliphatic rings. The van der Waals surface area contributed by atoms with E-state index >= 15 is 4.79 Å². The molecule has 4 amide bonds. The summed E-state index contributed by atoms with van der Waals surface area (Å²) in [5.41, 5.74) is 7.35. The van der Waals surface area contributed by atoms with Crippen LogP contribution in [0.4, 0.5) is 17.1 Å². The fourth-order valence-electron chi connectivity index (χ4n) is 9.93. The number of morpholine rings is 1. The molecule has 0 unspecified atom stereocenters. The molecule has 3 saturated heterocycles. The summed E-state index contributed by atoms with van der Waals surface area (Å²) in [6.07, 6.45) is 2.62. The molecule has 11 heteroatoms. The van der Waals surface area contributed by atoms with E-state index in [0.717, 1.165) is 35.5 Å². The molecule has 3 aliphatic heterocycles. The van der Waals surface area contributed by atoms with E-state index in [2.05, 4.69) is 16.4 Å². The Labute approximate surface area is 325 Å². The van der Waals surface area contributed by atoms with E-state index in [1.54, 1.807) is 0 Å². The van der Waals surface area contributed by atoms with Crippen molar-refractivity contribution in [3.63, 3.8) is 0 Å². The molecule has 0 radical (unpaired) electrons. The van der Waals surface area contributed by atoms with Crippen LogP contribution in [0.15, 0.2) is 115 Å². The molecule has 2 aliphatic carbocycles. The number of carbonyl (C=O) groups excluding carboxylic acids is 4. The van der Waals surface area contributed by atoms with Crippen molar-refractivity contribution in [2.45, 2.75) is 31.1 Å². The van der Waals surface area contributed by atoms with Gasteiger partial charge < -0.3 is 19.5 Å². The van der Waals surface area contributed by atoms with Crippen LogP contribution >= 0.6 is 0 Å². The lowest BCUT2D eigenvalue weighted by Crippen LogP contribution is -2.53. The third-order valence-corrected chi connectivity index (χ3v) is 12.5. The summed E-state index contributed by atoms with van der Waals surface area (Å²) in [5.74, 6) is -3.98. The Balaban J connectivity index is 1.14. The number of carbonyl (C=O) groups is 4. The van der Waals surface area contributed by atoms with Crippen molar-refractivity contribution in [1.82, 2.24) is 5.01 Å². The van der Waals surface area contributed by atoms with Crippen molar-refractivity contribution in [2.75, 3.05) is 54.7 Å². The molecule has 4 fully saturated rings. The van der Waals surface area contributed by atoms with Crippen molar-refractivity contribution >= 4 is 40.7 Å². The Kier molecular flexibility index (Phi) is 9.22. The number of amides is 4. The molecule has 1 saturated carbocycles. The zero-order valence-electron chi connectivity index (χ0n) is 31.2. The number of nitrogens with zero attached hydrogens (tertiary/aromatic N) is 3. The van der Waals surface area contributed by atoms with E-state index in [1.807, 2.05) is 110 Å². The molecular weight excluding hydrogens is 709 g/mol. The molecule has 0 aromatic heterocycles. The van der Waals surface area contributed by atoms with Crippen molar-refractivity contribution in [3.05, 3.63) is 131 Å². The van der Waals surface area contributed by atoms with Crippen LogP contribution in [0.25, 0.3) is 0 Å². The standard InChI is InChI=1S/C45H44N4O7/c1-28-7-11-31(12-8-28)46-49-42(52)38-27-37-35(40(29-9-17-34(18-10-29)56-26-23-50)45(38,44(49)54)30-5-3-2-4-6-30)19-20-36-39(37)43(53)48(41(36)51)33-15-13-32(14-16-33)47-21-24-55-25-22-47/h2-19,36-40,46,50H,20-27H2,1H3/t36-,37+,38-,39-,40-,45+/m0/s1. The maximum atomic E-state index is 15.4.